The van der Waals surface area contributed by atoms with E-state index in [1.165, 1.54) is 12.0 Å². The topological polar surface area (TPSA) is 54.5 Å². The Hall–Kier alpha value is -0.890. The van der Waals surface area contributed by atoms with E-state index in [2.05, 4.69) is 37.6 Å². The summed E-state index contributed by atoms with van der Waals surface area (Å²) in [5, 5.41) is 3.20. The molecule has 0 atom stereocenters. The lowest BCUT2D eigenvalue weighted by Crippen LogP contribution is -2.38. The number of methoxy groups -OCH3 is 1. The molecular weight excluding hydrogens is 393 g/mol. The first kappa shape index (κ1) is 13.5. The normalized spacial score (nSPS) is 24.0. The number of rotatable bonds is 6. The minimum absolute atomic E-state index is 0.222. The summed E-state index contributed by atoms with van der Waals surface area (Å²) < 4.78 is 29.1. The third kappa shape index (κ3) is 5.39. The molecule has 6 heteroatoms. The van der Waals surface area contributed by atoms with Crippen LogP contribution in [0, 0.1) is 9.49 Å². The molecule has 0 radical (unpaired) electrons. The average Bonchev–Trinajstić information content (AvgIpc) is 2.58. The highest BCUT2D eigenvalue weighted by Crippen LogP contribution is 2.26. The Morgan fingerprint density at radius 1 is 1.50 bits per heavy atom. The quantitative estimate of drug-likeness (QED) is 0.566. The van der Waals surface area contributed by atoms with E-state index < -0.39 is 6.98 Å². The minimum atomic E-state index is -2.21. The standard InChI is InChI=1S/C16H24IN3O2/c1-20(15-8-5-13(17)9-19-15)11-12-3-6-14(7-4-12)18-10-16(21)22-2/h5,8-9,12,14,18H,3-4,6-7,10-11H2,1-2H3/t12-,14-/i1D3. The van der Waals surface area contributed by atoms with Crippen LogP contribution < -0.4 is 10.2 Å². The monoisotopic (exact) mass is 420 g/mol. The number of nitrogens with one attached hydrogen (secondary N) is 1. The van der Waals surface area contributed by atoms with Crippen LogP contribution in [0.4, 0.5) is 5.82 Å². The molecule has 0 aliphatic heterocycles. The first-order valence-corrected chi connectivity index (χ1v) is 8.57. The fourth-order valence-corrected chi connectivity index (χ4v) is 3.05. The Labute approximate surface area is 150 Å². The largest absolute Gasteiger partial charge is 0.468 e. The lowest BCUT2D eigenvalue weighted by Gasteiger charge is -2.32. The molecule has 1 aromatic rings. The van der Waals surface area contributed by atoms with E-state index in [0.717, 1.165) is 29.3 Å². The van der Waals surface area contributed by atoms with Crippen molar-refractivity contribution in [2.45, 2.75) is 31.7 Å². The van der Waals surface area contributed by atoms with E-state index in [9.17, 15) is 4.79 Å². The third-order valence-electron chi connectivity index (χ3n) is 4.04. The Kier molecular flexibility index (Phi) is 5.33. The van der Waals surface area contributed by atoms with E-state index in [4.69, 9.17) is 4.11 Å². The van der Waals surface area contributed by atoms with Gasteiger partial charge >= 0.3 is 5.97 Å². The molecule has 0 saturated heterocycles. The number of halogens is 1. The molecule has 0 unspecified atom stereocenters. The molecular formula is C16H24IN3O2. The van der Waals surface area contributed by atoms with Gasteiger partial charge in [-0.2, -0.15) is 0 Å². The summed E-state index contributed by atoms with van der Waals surface area (Å²) in [7, 11) is 1.38. The van der Waals surface area contributed by atoms with E-state index in [0.29, 0.717) is 18.3 Å². The van der Waals surface area contributed by atoms with Crippen molar-refractivity contribution in [3.63, 3.8) is 0 Å². The highest BCUT2D eigenvalue weighted by molar-refractivity contribution is 14.1. The van der Waals surface area contributed by atoms with Gasteiger partial charge in [0.25, 0.3) is 0 Å². The fraction of sp³-hybridized carbons (Fsp3) is 0.625. The smallest absolute Gasteiger partial charge is 0.319 e. The van der Waals surface area contributed by atoms with Crippen LogP contribution in [0.1, 0.15) is 29.8 Å². The second-order valence-electron chi connectivity index (χ2n) is 5.62. The average molecular weight is 420 g/mol. The Morgan fingerprint density at radius 2 is 2.27 bits per heavy atom. The lowest BCUT2D eigenvalue weighted by atomic mass is 9.85. The maximum atomic E-state index is 11.2. The molecule has 1 aliphatic carbocycles. The summed E-state index contributed by atoms with van der Waals surface area (Å²) in [6.45, 7) is -1.52. The van der Waals surface area contributed by atoms with Crippen LogP contribution in [0.25, 0.3) is 0 Å². The van der Waals surface area contributed by atoms with Crippen molar-refractivity contribution < 1.29 is 13.6 Å². The molecule has 1 heterocycles. The molecule has 0 amide bonds. The van der Waals surface area contributed by atoms with Crippen LogP contribution in [0.3, 0.4) is 0 Å². The molecule has 1 saturated carbocycles. The van der Waals surface area contributed by atoms with Gasteiger partial charge in [-0.25, -0.2) is 4.98 Å². The van der Waals surface area contributed by atoms with E-state index >= 15 is 0 Å². The predicted molar refractivity (Wildman–Crippen MR) is 96.0 cm³/mol. The molecule has 5 nitrogen and oxygen atoms in total. The molecule has 1 aromatic heterocycles. The van der Waals surface area contributed by atoms with Gasteiger partial charge < -0.3 is 15.0 Å². The second kappa shape index (κ2) is 8.67. The Bertz CT molecular complexity index is 561. The molecule has 2 rings (SSSR count). The maximum absolute atomic E-state index is 11.2. The van der Waals surface area contributed by atoms with Crippen molar-refractivity contribution >= 4 is 34.4 Å². The van der Waals surface area contributed by atoms with Gasteiger partial charge in [0, 0.05) is 33.4 Å². The van der Waals surface area contributed by atoms with Crippen molar-refractivity contribution in [2.24, 2.45) is 5.92 Å². The van der Waals surface area contributed by atoms with Crippen LogP contribution in [0.2, 0.25) is 0 Å². The number of pyridine rings is 1. The number of hydrogen-bond donors (Lipinski definition) is 1. The molecule has 122 valence electrons. The molecule has 1 fully saturated rings. The number of ether oxygens (including phenoxy) is 1. The van der Waals surface area contributed by atoms with E-state index in [-0.39, 0.29) is 18.6 Å². The van der Waals surface area contributed by atoms with Gasteiger partial charge in [-0.3, -0.25) is 4.79 Å². The summed E-state index contributed by atoms with van der Waals surface area (Å²) in [6, 6.07) is 3.92. The first-order chi connectivity index (χ1) is 11.8. The number of anilines is 1. The summed E-state index contributed by atoms with van der Waals surface area (Å²) in [6.07, 6.45) is 5.39. The summed E-state index contributed by atoms with van der Waals surface area (Å²) in [5.74, 6) is 0.532. The minimum Gasteiger partial charge on any atom is -0.468 e. The van der Waals surface area contributed by atoms with Crippen LogP contribution >= 0.6 is 22.6 Å². The van der Waals surface area contributed by atoms with E-state index in [1.54, 1.807) is 12.3 Å². The lowest BCUT2D eigenvalue weighted by molar-refractivity contribution is -0.139. The van der Waals surface area contributed by atoms with Crippen LogP contribution in [-0.2, 0) is 9.53 Å². The van der Waals surface area contributed by atoms with Crippen molar-refractivity contribution in [3.8, 4) is 0 Å². The van der Waals surface area contributed by atoms with Gasteiger partial charge in [0.15, 0.2) is 0 Å². The van der Waals surface area contributed by atoms with Crippen LogP contribution in [0.15, 0.2) is 18.3 Å². The summed E-state index contributed by atoms with van der Waals surface area (Å²) in [4.78, 5) is 16.9. The molecule has 1 aliphatic rings. The van der Waals surface area contributed by atoms with Gasteiger partial charge in [-0.1, -0.05) is 0 Å². The molecule has 0 spiro atoms. The number of carbonyl (C=O) groups is 1. The molecule has 1 N–H and O–H groups in total. The molecule has 0 aromatic carbocycles. The fourth-order valence-electron chi connectivity index (χ4n) is 2.73. The SMILES string of the molecule is [2H]C([2H])([2H])N(C[C@H]1CC[C@H](NCC(=O)OC)CC1)c1ccc(I)cn1. The zero-order valence-electron chi connectivity index (χ0n) is 15.7. The molecule has 0 bridgehead atoms. The Balaban J connectivity index is 1.91. The summed E-state index contributed by atoms with van der Waals surface area (Å²) >= 11 is 2.15. The first-order valence-electron chi connectivity index (χ1n) is 8.99. The van der Waals surface area contributed by atoms with Gasteiger partial charge in [0.2, 0.25) is 0 Å². The number of carbonyl (C=O) groups excluding carboxylic acids is 1. The van der Waals surface area contributed by atoms with Crippen molar-refractivity contribution in [1.82, 2.24) is 10.3 Å². The highest BCUT2D eigenvalue weighted by atomic mass is 127. The second-order valence-corrected chi connectivity index (χ2v) is 6.87. The van der Waals surface area contributed by atoms with Gasteiger partial charge in [0.05, 0.1) is 13.7 Å². The van der Waals surface area contributed by atoms with Crippen LogP contribution in [0.5, 0.6) is 0 Å². The van der Waals surface area contributed by atoms with Crippen molar-refractivity contribution in [1.29, 1.82) is 0 Å². The zero-order chi connectivity index (χ0) is 18.4. The number of esters is 1. The highest BCUT2D eigenvalue weighted by Gasteiger charge is 2.22. The van der Waals surface area contributed by atoms with Gasteiger partial charge in [-0.05, 0) is 66.3 Å². The van der Waals surface area contributed by atoms with Crippen molar-refractivity contribution in [3.05, 3.63) is 21.9 Å². The summed E-state index contributed by atoms with van der Waals surface area (Å²) in [5.41, 5.74) is 0. The van der Waals surface area contributed by atoms with Gasteiger partial charge in [-0.15, -0.1) is 0 Å². The number of nitrogens with zero attached hydrogens (tertiary/aromatic N) is 2. The number of aromatic nitrogens is 1. The Morgan fingerprint density at radius 3 is 2.86 bits per heavy atom. The van der Waals surface area contributed by atoms with Crippen LogP contribution in [-0.4, -0.2) is 44.2 Å². The molecule has 22 heavy (non-hydrogen) atoms. The zero-order valence-corrected chi connectivity index (χ0v) is 14.9. The third-order valence-corrected chi connectivity index (χ3v) is 4.68. The maximum Gasteiger partial charge on any atom is 0.319 e. The predicted octanol–water partition coefficient (Wildman–Crippen LogP) is 2.44. The van der Waals surface area contributed by atoms with Gasteiger partial charge in [0.1, 0.15) is 5.82 Å². The number of hydrogen-bond acceptors (Lipinski definition) is 5. The van der Waals surface area contributed by atoms with E-state index in [1.807, 2.05) is 6.07 Å². The van der Waals surface area contributed by atoms with Crippen molar-refractivity contribution in [2.75, 3.05) is 32.1 Å².